The zero-order valence-corrected chi connectivity index (χ0v) is 19.9. The summed E-state index contributed by atoms with van der Waals surface area (Å²) >= 11 is 0. The fourth-order valence-corrected chi connectivity index (χ4v) is 2.94. The Labute approximate surface area is 186 Å². The van der Waals surface area contributed by atoms with E-state index in [-0.39, 0.29) is 11.9 Å². The molecule has 0 heterocycles. The van der Waals surface area contributed by atoms with Crippen LogP contribution in [-0.2, 0) is 19.1 Å². The maximum Gasteiger partial charge on any atom is 0.330 e. The van der Waals surface area contributed by atoms with Crippen molar-refractivity contribution in [2.45, 2.75) is 117 Å². The summed E-state index contributed by atoms with van der Waals surface area (Å²) in [7, 11) is 0. The highest BCUT2D eigenvalue weighted by molar-refractivity contribution is 5.81. The zero-order chi connectivity index (χ0) is 22.7. The van der Waals surface area contributed by atoms with Gasteiger partial charge < -0.3 is 9.47 Å². The van der Waals surface area contributed by atoms with Gasteiger partial charge >= 0.3 is 11.9 Å². The average Bonchev–Trinajstić information content (AvgIpc) is 2.76. The number of hydrogen-bond donors (Lipinski definition) is 0. The molecular formula is C26H48O4. The molecule has 0 aromatic heterocycles. The van der Waals surface area contributed by atoms with E-state index in [0.717, 1.165) is 19.3 Å². The predicted octanol–water partition coefficient (Wildman–Crippen LogP) is 7.71. The Morgan fingerprint density at radius 3 is 1.07 bits per heavy atom. The molecule has 0 atom stereocenters. The first-order valence-electron chi connectivity index (χ1n) is 12.2. The van der Waals surface area contributed by atoms with Crippen molar-refractivity contribution < 1.29 is 19.1 Å². The van der Waals surface area contributed by atoms with Gasteiger partial charge in [0.2, 0.25) is 0 Å². The van der Waals surface area contributed by atoms with Crippen LogP contribution in [0.5, 0.6) is 0 Å². The molecule has 0 saturated heterocycles. The van der Waals surface area contributed by atoms with Crippen LogP contribution in [0.4, 0.5) is 0 Å². The molecule has 0 amide bonds. The van der Waals surface area contributed by atoms with Gasteiger partial charge in [0.05, 0.1) is 13.2 Å². The average molecular weight is 425 g/mol. The Hall–Kier alpha value is -1.58. The lowest BCUT2D eigenvalue weighted by molar-refractivity contribution is -0.138. The standard InChI is InChI=1S/C15H28O2.C11H20O2/c1-3-5-6-7-8-9-10-11-12-13-14-17-15(16)4-2;1-3-5-6-7-8-9-10-13-11(12)4-2/h4H,2-3,5-14H2,1H3;4H,2-3,5-10H2,1H3. The van der Waals surface area contributed by atoms with E-state index in [1.165, 1.54) is 95.6 Å². The van der Waals surface area contributed by atoms with Crippen LogP contribution in [0, 0.1) is 0 Å². The molecule has 0 N–H and O–H groups in total. The van der Waals surface area contributed by atoms with Crippen molar-refractivity contribution in [2.24, 2.45) is 0 Å². The van der Waals surface area contributed by atoms with Gasteiger partial charge in [0.1, 0.15) is 0 Å². The molecule has 4 nitrogen and oxygen atoms in total. The molecule has 0 saturated carbocycles. The summed E-state index contributed by atoms with van der Waals surface area (Å²) in [5.41, 5.74) is 0. The fraction of sp³-hybridized carbons (Fsp3) is 0.769. The summed E-state index contributed by atoms with van der Waals surface area (Å²) in [6.45, 7) is 12.2. The van der Waals surface area contributed by atoms with E-state index >= 15 is 0 Å². The zero-order valence-electron chi connectivity index (χ0n) is 19.9. The van der Waals surface area contributed by atoms with Gasteiger partial charge in [0, 0.05) is 12.2 Å². The molecule has 0 unspecified atom stereocenters. The predicted molar refractivity (Wildman–Crippen MR) is 128 cm³/mol. The Bertz CT molecular complexity index is 404. The number of carbonyl (C=O) groups excluding carboxylic acids is 2. The molecule has 0 spiro atoms. The Balaban J connectivity index is 0. The summed E-state index contributed by atoms with van der Waals surface area (Å²) in [6, 6.07) is 0. The van der Waals surface area contributed by atoms with Gasteiger partial charge in [-0.25, -0.2) is 9.59 Å². The van der Waals surface area contributed by atoms with Gasteiger partial charge in [-0.05, 0) is 12.8 Å². The summed E-state index contributed by atoms with van der Waals surface area (Å²) in [5, 5.41) is 0. The minimum Gasteiger partial charge on any atom is -0.463 e. The SMILES string of the molecule is C=CC(=O)OCCCCCCCC.C=CC(=O)OCCCCCCCCCCCC. The lowest BCUT2D eigenvalue weighted by atomic mass is 10.1. The topological polar surface area (TPSA) is 52.6 Å². The molecule has 0 aromatic carbocycles. The third-order valence-electron chi connectivity index (χ3n) is 4.82. The van der Waals surface area contributed by atoms with Crippen LogP contribution < -0.4 is 0 Å². The molecule has 0 bridgehead atoms. The third kappa shape index (κ3) is 28.6. The van der Waals surface area contributed by atoms with Gasteiger partial charge in [-0.3, -0.25) is 0 Å². The molecule has 0 aliphatic heterocycles. The van der Waals surface area contributed by atoms with Crippen LogP contribution >= 0.6 is 0 Å². The Morgan fingerprint density at radius 1 is 0.533 bits per heavy atom. The lowest BCUT2D eigenvalue weighted by Crippen LogP contribution is -2.01. The highest BCUT2D eigenvalue weighted by Crippen LogP contribution is 2.10. The molecule has 0 aliphatic rings. The molecule has 0 radical (unpaired) electrons. The van der Waals surface area contributed by atoms with E-state index in [2.05, 4.69) is 27.0 Å². The van der Waals surface area contributed by atoms with Crippen molar-refractivity contribution in [1.29, 1.82) is 0 Å². The fourth-order valence-electron chi connectivity index (χ4n) is 2.94. The van der Waals surface area contributed by atoms with Crippen LogP contribution in [0.3, 0.4) is 0 Å². The van der Waals surface area contributed by atoms with Crippen molar-refractivity contribution in [3.8, 4) is 0 Å². The maximum atomic E-state index is 10.7. The first-order chi connectivity index (χ1) is 14.6. The van der Waals surface area contributed by atoms with E-state index in [9.17, 15) is 9.59 Å². The second kappa shape index (κ2) is 27.4. The molecule has 0 rings (SSSR count). The number of esters is 2. The monoisotopic (exact) mass is 424 g/mol. The van der Waals surface area contributed by atoms with Crippen molar-refractivity contribution in [1.82, 2.24) is 0 Å². The minimum absolute atomic E-state index is 0.305. The summed E-state index contributed by atoms with van der Waals surface area (Å²) in [4.78, 5) is 21.3. The van der Waals surface area contributed by atoms with Gasteiger partial charge in [-0.1, -0.05) is 117 Å². The summed E-state index contributed by atoms with van der Waals surface area (Å²) in [5.74, 6) is -0.616. The van der Waals surface area contributed by atoms with E-state index in [1.807, 2.05) is 0 Å². The van der Waals surface area contributed by atoms with Crippen molar-refractivity contribution in [2.75, 3.05) is 13.2 Å². The molecule has 0 aromatic rings. The first-order valence-corrected chi connectivity index (χ1v) is 12.2. The lowest BCUT2D eigenvalue weighted by Gasteiger charge is -2.03. The number of carbonyl (C=O) groups is 2. The van der Waals surface area contributed by atoms with Crippen LogP contribution in [0.15, 0.2) is 25.3 Å². The van der Waals surface area contributed by atoms with Crippen molar-refractivity contribution >= 4 is 11.9 Å². The van der Waals surface area contributed by atoms with Crippen LogP contribution in [-0.4, -0.2) is 25.2 Å². The molecular weight excluding hydrogens is 376 g/mol. The molecule has 0 aliphatic carbocycles. The molecule has 4 heteroatoms. The highest BCUT2D eigenvalue weighted by Gasteiger charge is 1.96. The van der Waals surface area contributed by atoms with Crippen molar-refractivity contribution in [3.05, 3.63) is 25.3 Å². The largest absolute Gasteiger partial charge is 0.463 e. The second-order valence-corrected chi connectivity index (χ2v) is 7.69. The highest BCUT2D eigenvalue weighted by atomic mass is 16.5. The normalized spacial score (nSPS) is 9.93. The Kier molecular flexibility index (Phi) is 28.0. The number of unbranched alkanes of at least 4 members (excludes halogenated alkanes) is 14. The van der Waals surface area contributed by atoms with Gasteiger partial charge in [0.25, 0.3) is 0 Å². The van der Waals surface area contributed by atoms with Crippen molar-refractivity contribution in [3.63, 3.8) is 0 Å². The second-order valence-electron chi connectivity index (χ2n) is 7.69. The van der Waals surface area contributed by atoms with Gasteiger partial charge in [-0.15, -0.1) is 0 Å². The molecule has 0 fully saturated rings. The van der Waals surface area contributed by atoms with E-state index in [1.54, 1.807) is 0 Å². The first kappa shape index (κ1) is 30.6. The minimum atomic E-state index is -0.312. The molecule has 30 heavy (non-hydrogen) atoms. The number of ether oxygens (including phenoxy) is 2. The van der Waals surface area contributed by atoms with Crippen LogP contribution in [0.1, 0.15) is 117 Å². The summed E-state index contributed by atoms with van der Waals surface area (Å²) < 4.78 is 9.75. The van der Waals surface area contributed by atoms with Gasteiger partial charge in [-0.2, -0.15) is 0 Å². The smallest absolute Gasteiger partial charge is 0.330 e. The number of rotatable bonds is 20. The van der Waals surface area contributed by atoms with Crippen LogP contribution in [0.2, 0.25) is 0 Å². The quantitative estimate of drug-likeness (QED) is 0.114. The van der Waals surface area contributed by atoms with Crippen LogP contribution in [0.25, 0.3) is 0 Å². The van der Waals surface area contributed by atoms with Gasteiger partial charge in [0.15, 0.2) is 0 Å². The summed E-state index contributed by atoms with van der Waals surface area (Å²) in [6.07, 6.45) is 22.7. The van der Waals surface area contributed by atoms with E-state index in [0.29, 0.717) is 13.2 Å². The van der Waals surface area contributed by atoms with E-state index < -0.39 is 0 Å². The molecule has 176 valence electrons. The maximum absolute atomic E-state index is 10.7. The third-order valence-corrected chi connectivity index (χ3v) is 4.82. The number of hydrogen-bond acceptors (Lipinski definition) is 4. The Morgan fingerprint density at radius 2 is 0.800 bits per heavy atom. The van der Waals surface area contributed by atoms with E-state index in [4.69, 9.17) is 9.47 Å².